The van der Waals surface area contributed by atoms with Crippen molar-refractivity contribution in [3.63, 3.8) is 0 Å². The van der Waals surface area contributed by atoms with Crippen LogP contribution in [0, 0.1) is 11.3 Å². The first-order chi connectivity index (χ1) is 8.33. The number of likely N-dealkylation sites (tertiary alicyclic amines) is 1. The van der Waals surface area contributed by atoms with Gasteiger partial charge in [0.1, 0.15) is 0 Å². The zero-order valence-electron chi connectivity index (χ0n) is 11.2. The molecule has 0 aromatic carbocycles. The van der Waals surface area contributed by atoms with E-state index in [2.05, 4.69) is 4.90 Å². The van der Waals surface area contributed by atoms with Crippen LogP contribution in [-0.2, 0) is 0 Å². The Bertz CT molecular complexity index is 258. The van der Waals surface area contributed by atoms with Gasteiger partial charge in [-0.3, -0.25) is 4.90 Å². The number of nitrogens with zero attached hydrogens (tertiary/aromatic N) is 1. The second kappa shape index (κ2) is 4.89. The lowest BCUT2D eigenvalue weighted by atomic mass is 9.78. The van der Waals surface area contributed by atoms with Crippen molar-refractivity contribution >= 4 is 0 Å². The van der Waals surface area contributed by atoms with Crippen LogP contribution in [0.5, 0.6) is 0 Å². The summed E-state index contributed by atoms with van der Waals surface area (Å²) >= 11 is 0. The molecule has 3 fully saturated rings. The maximum absolute atomic E-state index is 5.77. The summed E-state index contributed by atoms with van der Waals surface area (Å²) in [6.45, 7) is 3.63. The Morgan fingerprint density at radius 2 is 1.82 bits per heavy atom. The maximum Gasteiger partial charge on any atom is 0.0124 e. The first-order valence-electron chi connectivity index (χ1n) is 7.77. The van der Waals surface area contributed by atoms with Crippen LogP contribution in [0.4, 0.5) is 0 Å². The zero-order chi connectivity index (χ0) is 11.7. The minimum Gasteiger partial charge on any atom is -0.330 e. The third kappa shape index (κ3) is 2.53. The van der Waals surface area contributed by atoms with Crippen LogP contribution in [0.15, 0.2) is 0 Å². The fourth-order valence-electron chi connectivity index (χ4n) is 4.33. The molecule has 17 heavy (non-hydrogen) atoms. The van der Waals surface area contributed by atoms with Crippen molar-refractivity contribution < 1.29 is 0 Å². The first kappa shape index (κ1) is 12.0. The fourth-order valence-corrected chi connectivity index (χ4v) is 4.33. The average Bonchev–Trinajstić information content (AvgIpc) is 3.10. The molecular weight excluding hydrogens is 208 g/mol. The van der Waals surface area contributed by atoms with E-state index in [1.54, 1.807) is 0 Å². The molecular formula is C15H28N2. The molecule has 0 spiro atoms. The second-order valence-electron chi connectivity index (χ2n) is 6.76. The normalized spacial score (nSPS) is 36.5. The van der Waals surface area contributed by atoms with E-state index in [1.807, 2.05) is 0 Å². The molecule has 0 aromatic rings. The van der Waals surface area contributed by atoms with Crippen LogP contribution < -0.4 is 5.73 Å². The van der Waals surface area contributed by atoms with Crippen molar-refractivity contribution in [2.75, 3.05) is 19.6 Å². The summed E-state index contributed by atoms with van der Waals surface area (Å²) < 4.78 is 0. The molecule has 2 nitrogen and oxygen atoms in total. The molecule has 2 heteroatoms. The Morgan fingerprint density at radius 1 is 1.06 bits per heavy atom. The van der Waals surface area contributed by atoms with Crippen LogP contribution in [0.1, 0.15) is 57.8 Å². The largest absolute Gasteiger partial charge is 0.330 e. The van der Waals surface area contributed by atoms with Crippen molar-refractivity contribution in [1.29, 1.82) is 0 Å². The molecule has 2 atom stereocenters. The van der Waals surface area contributed by atoms with Gasteiger partial charge in [-0.1, -0.05) is 12.8 Å². The van der Waals surface area contributed by atoms with Gasteiger partial charge in [0.2, 0.25) is 0 Å². The number of piperidine rings is 1. The highest BCUT2D eigenvalue weighted by molar-refractivity contribution is 4.98. The Hall–Kier alpha value is -0.0800. The summed E-state index contributed by atoms with van der Waals surface area (Å²) in [5.41, 5.74) is 6.42. The van der Waals surface area contributed by atoms with Crippen LogP contribution >= 0.6 is 0 Å². The van der Waals surface area contributed by atoms with E-state index in [0.29, 0.717) is 5.41 Å². The molecule has 0 aromatic heterocycles. The van der Waals surface area contributed by atoms with Crippen molar-refractivity contribution in [2.45, 2.75) is 63.8 Å². The quantitative estimate of drug-likeness (QED) is 0.813. The fraction of sp³-hybridized carbons (Fsp3) is 1.00. The molecule has 2 aliphatic carbocycles. The molecule has 0 unspecified atom stereocenters. The van der Waals surface area contributed by atoms with E-state index in [1.165, 1.54) is 70.9 Å². The Labute approximate surface area is 106 Å². The number of fused-ring (bicyclic) bond motifs is 1. The lowest BCUT2D eigenvalue weighted by molar-refractivity contribution is 0.0431. The average molecular weight is 236 g/mol. The third-order valence-corrected chi connectivity index (χ3v) is 5.53. The SMILES string of the molecule is NCCC1(CN2CCC[C@H]3CCCC[C@H]32)CC1. The van der Waals surface area contributed by atoms with Crippen molar-refractivity contribution in [3.05, 3.63) is 0 Å². The smallest absolute Gasteiger partial charge is 0.0124 e. The van der Waals surface area contributed by atoms with Gasteiger partial charge in [-0.2, -0.15) is 0 Å². The molecule has 0 amide bonds. The first-order valence-corrected chi connectivity index (χ1v) is 7.77. The summed E-state index contributed by atoms with van der Waals surface area (Å²) in [5.74, 6) is 1.03. The summed E-state index contributed by atoms with van der Waals surface area (Å²) in [5, 5.41) is 0. The van der Waals surface area contributed by atoms with Crippen LogP contribution in [-0.4, -0.2) is 30.6 Å². The topological polar surface area (TPSA) is 29.3 Å². The van der Waals surface area contributed by atoms with Crippen molar-refractivity contribution in [2.24, 2.45) is 17.1 Å². The number of hydrogen-bond acceptors (Lipinski definition) is 2. The molecule has 2 N–H and O–H groups in total. The number of hydrogen-bond donors (Lipinski definition) is 1. The van der Waals surface area contributed by atoms with Gasteiger partial charge < -0.3 is 5.73 Å². The maximum atomic E-state index is 5.77. The molecule has 3 aliphatic rings. The van der Waals surface area contributed by atoms with E-state index in [9.17, 15) is 0 Å². The van der Waals surface area contributed by atoms with Gasteiger partial charge in [0.25, 0.3) is 0 Å². The second-order valence-corrected chi connectivity index (χ2v) is 6.76. The van der Waals surface area contributed by atoms with Gasteiger partial charge in [0, 0.05) is 12.6 Å². The minimum atomic E-state index is 0.647. The van der Waals surface area contributed by atoms with Crippen LogP contribution in [0.3, 0.4) is 0 Å². The molecule has 2 saturated carbocycles. The highest BCUT2D eigenvalue weighted by atomic mass is 15.2. The predicted molar refractivity (Wildman–Crippen MR) is 71.9 cm³/mol. The summed E-state index contributed by atoms with van der Waals surface area (Å²) in [6.07, 6.45) is 13.0. The predicted octanol–water partition coefficient (Wildman–Crippen LogP) is 2.77. The van der Waals surface area contributed by atoms with Gasteiger partial charge in [-0.05, 0) is 69.4 Å². The highest BCUT2D eigenvalue weighted by Crippen LogP contribution is 2.50. The van der Waals surface area contributed by atoms with Crippen molar-refractivity contribution in [3.8, 4) is 0 Å². The molecule has 1 heterocycles. The molecule has 0 bridgehead atoms. The molecule has 1 aliphatic heterocycles. The summed E-state index contributed by atoms with van der Waals surface area (Å²) in [4.78, 5) is 2.86. The van der Waals surface area contributed by atoms with Crippen molar-refractivity contribution in [1.82, 2.24) is 4.90 Å². The van der Waals surface area contributed by atoms with E-state index < -0.39 is 0 Å². The van der Waals surface area contributed by atoms with Gasteiger partial charge in [-0.25, -0.2) is 0 Å². The van der Waals surface area contributed by atoms with Gasteiger partial charge in [0.05, 0.1) is 0 Å². The number of nitrogens with two attached hydrogens (primary N) is 1. The van der Waals surface area contributed by atoms with E-state index in [4.69, 9.17) is 5.73 Å². The van der Waals surface area contributed by atoms with Gasteiger partial charge >= 0.3 is 0 Å². The monoisotopic (exact) mass is 236 g/mol. The van der Waals surface area contributed by atoms with Gasteiger partial charge in [-0.15, -0.1) is 0 Å². The lowest BCUT2D eigenvalue weighted by Crippen LogP contribution is -2.49. The Kier molecular flexibility index (Phi) is 3.45. The van der Waals surface area contributed by atoms with Crippen LogP contribution in [0.25, 0.3) is 0 Å². The molecule has 0 radical (unpaired) electrons. The summed E-state index contributed by atoms with van der Waals surface area (Å²) in [6, 6.07) is 0.938. The molecule has 1 saturated heterocycles. The van der Waals surface area contributed by atoms with E-state index in [-0.39, 0.29) is 0 Å². The van der Waals surface area contributed by atoms with Crippen LogP contribution in [0.2, 0.25) is 0 Å². The summed E-state index contributed by atoms with van der Waals surface area (Å²) in [7, 11) is 0. The third-order valence-electron chi connectivity index (χ3n) is 5.53. The molecule has 3 rings (SSSR count). The van der Waals surface area contributed by atoms with E-state index >= 15 is 0 Å². The van der Waals surface area contributed by atoms with E-state index in [0.717, 1.165) is 18.5 Å². The Morgan fingerprint density at radius 3 is 2.59 bits per heavy atom. The Balaban J connectivity index is 1.61. The lowest BCUT2D eigenvalue weighted by Gasteiger charge is -2.45. The minimum absolute atomic E-state index is 0.647. The molecule has 98 valence electrons. The standard InChI is InChI=1S/C15H28N2/c16-10-9-15(7-8-15)12-17-11-3-5-13-4-1-2-6-14(13)17/h13-14H,1-12,16H2/t13-,14-/m1/s1. The number of rotatable bonds is 4. The zero-order valence-corrected chi connectivity index (χ0v) is 11.2. The van der Waals surface area contributed by atoms with Gasteiger partial charge in [0.15, 0.2) is 0 Å². The highest BCUT2D eigenvalue weighted by Gasteiger charge is 2.45.